The Morgan fingerprint density at radius 1 is 0.531 bits per heavy atom. The van der Waals surface area contributed by atoms with Gasteiger partial charge in [0, 0.05) is 35.3 Å². The van der Waals surface area contributed by atoms with Crippen molar-refractivity contribution < 1.29 is 14.3 Å². The Bertz CT molecular complexity index is 1880. The molecule has 4 heteroatoms. The zero-order valence-electron chi connectivity index (χ0n) is 30.7. The topological polar surface area (TPSA) is 35.5 Å². The maximum absolute atomic E-state index is 14.0. The molecule has 1 heterocycles. The molecule has 0 bridgehead atoms. The van der Waals surface area contributed by atoms with Crippen molar-refractivity contribution in [2.45, 2.75) is 79.5 Å². The summed E-state index contributed by atoms with van der Waals surface area (Å²) in [6, 6.07) is 28.2. The fourth-order valence-electron chi connectivity index (χ4n) is 8.11. The van der Waals surface area contributed by atoms with E-state index in [1.165, 1.54) is 72.1 Å². The molecule has 1 saturated heterocycles. The zero-order valence-corrected chi connectivity index (χ0v) is 31.6. The lowest BCUT2D eigenvalue weighted by Crippen LogP contribution is -2.26. The Morgan fingerprint density at radius 3 is 1.27 bits per heavy atom. The molecule has 3 nitrogen and oxygen atoms in total. The van der Waals surface area contributed by atoms with Gasteiger partial charge in [-0.15, -0.1) is 0 Å². The minimum absolute atomic E-state index is 0.0553. The minimum atomic E-state index is -1.07. The second-order valence-electron chi connectivity index (χ2n) is 13.8. The second-order valence-corrected chi connectivity index (χ2v) is 16.4. The van der Waals surface area contributed by atoms with Crippen molar-refractivity contribution in [3.05, 3.63) is 134 Å². The molecule has 0 N–H and O–H groups in total. The number of rotatable bonds is 7. The van der Waals surface area contributed by atoms with Gasteiger partial charge in [-0.05, 0) is 140 Å². The summed E-state index contributed by atoms with van der Waals surface area (Å²) in [6.07, 6.45) is 0.947. The lowest BCUT2D eigenvalue weighted by atomic mass is 9.85. The van der Waals surface area contributed by atoms with Crippen molar-refractivity contribution in [2.75, 3.05) is 14.2 Å². The number of carbonyl (C=O) groups excluding carboxylic acids is 1. The van der Waals surface area contributed by atoms with Gasteiger partial charge in [0.15, 0.2) is 0 Å². The standard InChI is InChI=1S/C45H49O3P/c1-26-22-27(2)31(6)43(30(26)5)37-18-15-19-38(44-32(7)28(3)23-29(4)33(44)8)45(37)49-41(35-16-11-13-20-39(35)47-9)24-34(46)25-42(49)36-17-12-14-21-40(36)48-10/h11-23,41-42H,24-25H2,1-10H3. The lowest BCUT2D eigenvalue weighted by Gasteiger charge is -2.42. The average Bonchev–Trinajstić information content (AvgIpc) is 3.10. The molecular formula is C45H49O3P. The fourth-order valence-corrected chi connectivity index (χ4v) is 11.9. The van der Waals surface area contributed by atoms with Gasteiger partial charge in [-0.2, -0.15) is 0 Å². The van der Waals surface area contributed by atoms with E-state index in [1.54, 1.807) is 14.2 Å². The van der Waals surface area contributed by atoms with Gasteiger partial charge in [0.2, 0.25) is 0 Å². The van der Waals surface area contributed by atoms with Crippen molar-refractivity contribution in [3.8, 4) is 33.8 Å². The van der Waals surface area contributed by atoms with Crippen LogP contribution in [0.3, 0.4) is 0 Å². The van der Waals surface area contributed by atoms with E-state index in [0.717, 1.165) is 22.6 Å². The molecule has 0 aromatic heterocycles. The number of benzene rings is 5. The number of carbonyl (C=O) groups is 1. The largest absolute Gasteiger partial charge is 0.496 e. The quantitative estimate of drug-likeness (QED) is 0.162. The van der Waals surface area contributed by atoms with E-state index in [1.807, 2.05) is 24.3 Å². The number of ether oxygens (including phenoxy) is 2. The highest BCUT2D eigenvalue weighted by Crippen LogP contribution is 2.69. The van der Waals surface area contributed by atoms with E-state index < -0.39 is 7.92 Å². The first-order valence-corrected chi connectivity index (χ1v) is 18.8. The van der Waals surface area contributed by atoms with Gasteiger partial charge in [-0.3, -0.25) is 4.79 Å². The van der Waals surface area contributed by atoms with E-state index in [4.69, 9.17) is 9.47 Å². The van der Waals surface area contributed by atoms with Crippen molar-refractivity contribution >= 4 is 19.0 Å². The van der Waals surface area contributed by atoms with Crippen LogP contribution in [0.4, 0.5) is 0 Å². The van der Waals surface area contributed by atoms with Gasteiger partial charge in [-0.1, -0.05) is 74.7 Å². The van der Waals surface area contributed by atoms with Gasteiger partial charge >= 0.3 is 0 Å². The SMILES string of the molecule is COc1ccccc1C1CC(=O)CC(c2ccccc2OC)P1c1c(-c2c(C)c(C)cc(C)c2C)cccc1-c1c(C)c(C)cc(C)c1C. The first-order valence-electron chi connectivity index (χ1n) is 17.3. The number of aryl methyl sites for hydroxylation is 4. The molecule has 5 aromatic carbocycles. The molecule has 0 aliphatic carbocycles. The number of methoxy groups -OCH3 is 2. The van der Waals surface area contributed by atoms with Gasteiger partial charge in [0.1, 0.15) is 17.3 Å². The van der Waals surface area contributed by atoms with Crippen LogP contribution in [-0.4, -0.2) is 20.0 Å². The molecule has 6 rings (SSSR count). The highest BCUT2D eigenvalue weighted by atomic mass is 31.1. The molecule has 1 aliphatic heterocycles. The maximum atomic E-state index is 14.0. The number of ketones is 1. The second kappa shape index (κ2) is 14.0. The van der Waals surface area contributed by atoms with E-state index in [0.29, 0.717) is 12.8 Å². The highest BCUT2D eigenvalue weighted by molar-refractivity contribution is 7.67. The summed E-state index contributed by atoms with van der Waals surface area (Å²) >= 11 is 0. The van der Waals surface area contributed by atoms with Crippen LogP contribution in [0.2, 0.25) is 0 Å². The molecule has 252 valence electrons. The molecule has 49 heavy (non-hydrogen) atoms. The number of para-hydroxylation sites is 2. The predicted molar refractivity (Wildman–Crippen MR) is 207 cm³/mol. The van der Waals surface area contributed by atoms with Crippen LogP contribution in [-0.2, 0) is 4.79 Å². The van der Waals surface area contributed by atoms with Gasteiger partial charge in [-0.25, -0.2) is 0 Å². The molecule has 0 amide bonds. The monoisotopic (exact) mass is 668 g/mol. The van der Waals surface area contributed by atoms with E-state index >= 15 is 0 Å². The molecule has 2 unspecified atom stereocenters. The summed E-state index contributed by atoms with van der Waals surface area (Å²) in [5.74, 6) is 1.96. The van der Waals surface area contributed by atoms with Crippen LogP contribution >= 0.6 is 7.92 Å². The zero-order chi connectivity index (χ0) is 35.1. The molecular weight excluding hydrogens is 619 g/mol. The first kappa shape index (κ1) is 34.7. The average molecular weight is 669 g/mol. The van der Waals surface area contributed by atoms with Crippen LogP contribution in [0.5, 0.6) is 11.5 Å². The molecule has 5 aromatic rings. The highest BCUT2D eigenvalue weighted by Gasteiger charge is 2.44. The van der Waals surface area contributed by atoms with Crippen molar-refractivity contribution in [2.24, 2.45) is 0 Å². The van der Waals surface area contributed by atoms with Gasteiger partial charge in [0.25, 0.3) is 0 Å². The number of hydrogen-bond acceptors (Lipinski definition) is 3. The van der Waals surface area contributed by atoms with Crippen molar-refractivity contribution in [1.29, 1.82) is 0 Å². The third-order valence-corrected chi connectivity index (χ3v) is 14.3. The Hall–Kier alpha value is -4.20. The van der Waals surface area contributed by atoms with Gasteiger partial charge in [0.05, 0.1) is 14.2 Å². The molecule has 1 aliphatic rings. The normalized spacial score (nSPS) is 17.7. The van der Waals surface area contributed by atoms with Crippen LogP contribution in [0.15, 0.2) is 78.9 Å². The van der Waals surface area contributed by atoms with E-state index in [2.05, 4.69) is 110 Å². The number of hydrogen-bond donors (Lipinski definition) is 0. The molecule has 2 atom stereocenters. The van der Waals surface area contributed by atoms with Gasteiger partial charge < -0.3 is 9.47 Å². The Morgan fingerprint density at radius 2 is 0.898 bits per heavy atom. The summed E-state index contributed by atoms with van der Waals surface area (Å²) in [7, 11) is 2.41. The summed E-state index contributed by atoms with van der Waals surface area (Å²) in [4.78, 5) is 14.0. The Kier molecular flexibility index (Phi) is 9.88. The van der Waals surface area contributed by atoms with Crippen LogP contribution in [0.25, 0.3) is 22.3 Å². The van der Waals surface area contributed by atoms with Crippen LogP contribution in [0, 0.1) is 55.4 Å². The summed E-state index contributed by atoms with van der Waals surface area (Å²) in [5.41, 5.74) is 17.7. The molecule has 0 saturated carbocycles. The van der Waals surface area contributed by atoms with Crippen molar-refractivity contribution in [3.63, 3.8) is 0 Å². The summed E-state index contributed by atoms with van der Waals surface area (Å²) < 4.78 is 12.1. The predicted octanol–water partition coefficient (Wildman–Crippen LogP) is 11.5. The van der Waals surface area contributed by atoms with Crippen molar-refractivity contribution in [1.82, 2.24) is 0 Å². The Balaban J connectivity index is 1.82. The molecule has 1 fully saturated rings. The van der Waals surface area contributed by atoms with Crippen LogP contribution < -0.4 is 14.8 Å². The molecule has 0 radical (unpaired) electrons. The lowest BCUT2D eigenvalue weighted by molar-refractivity contribution is -0.119. The summed E-state index contributed by atoms with van der Waals surface area (Å²) in [5, 5.41) is 1.37. The third kappa shape index (κ3) is 6.12. The molecule has 0 spiro atoms. The maximum Gasteiger partial charge on any atom is 0.134 e. The van der Waals surface area contributed by atoms with Crippen LogP contribution in [0.1, 0.15) is 79.8 Å². The summed E-state index contributed by atoms with van der Waals surface area (Å²) in [6.45, 7) is 18.0. The minimum Gasteiger partial charge on any atom is -0.496 e. The number of Topliss-reactive ketones (excluding diaryl/α,β-unsaturated/α-hetero) is 1. The van der Waals surface area contributed by atoms with E-state index in [9.17, 15) is 4.79 Å². The Labute approximate surface area is 294 Å². The fraction of sp³-hybridized carbons (Fsp3) is 0.311. The van der Waals surface area contributed by atoms with E-state index in [-0.39, 0.29) is 17.1 Å². The smallest absolute Gasteiger partial charge is 0.134 e. The first-order chi connectivity index (χ1) is 23.5. The third-order valence-electron chi connectivity index (χ3n) is 11.1.